The van der Waals surface area contributed by atoms with Gasteiger partial charge in [-0.05, 0) is 37.0 Å². The molecule has 19 heavy (non-hydrogen) atoms. The highest BCUT2D eigenvalue weighted by molar-refractivity contribution is 5.85. The lowest BCUT2D eigenvalue weighted by molar-refractivity contribution is -0.137. The summed E-state index contributed by atoms with van der Waals surface area (Å²) in [5.74, 6) is 0.162. The minimum atomic E-state index is -0.499. The standard InChI is InChI=1S/C15H23N3O/c1-14(2)10-17-15(3,4)13(19)18(11-14)9-12-5-7-16-8-6-12/h5-8,17H,9-11H2,1-4H3. The van der Waals surface area contributed by atoms with Crippen LogP contribution in [-0.2, 0) is 11.3 Å². The fourth-order valence-corrected chi connectivity index (χ4v) is 2.41. The molecule has 1 aromatic rings. The molecule has 1 aromatic heterocycles. The zero-order valence-electron chi connectivity index (χ0n) is 12.2. The number of amides is 1. The zero-order valence-corrected chi connectivity index (χ0v) is 12.2. The maximum Gasteiger partial charge on any atom is 0.242 e. The predicted octanol–water partition coefficient (Wildman–Crippen LogP) is 1.82. The Bertz CT molecular complexity index is 454. The van der Waals surface area contributed by atoms with Crippen molar-refractivity contribution in [2.75, 3.05) is 13.1 Å². The molecule has 0 aromatic carbocycles. The van der Waals surface area contributed by atoms with E-state index in [0.717, 1.165) is 18.7 Å². The summed E-state index contributed by atoms with van der Waals surface area (Å²) in [5, 5.41) is 3.37. The van der Waals surface area contributed by atoms with Crippen LogP contribution >= 0.6 is 0 Å². The Kier molecular flexibility index (Phi) is 3.63. The van der Waals surface area contributed by atoms with Crippen molar-refractivity contribution in [2.24, 2.45) is 5.41 Å². The second-order valence-electron chi connectivity index (χ2n) is 6.66. The van der Waals surface area contributed by atoms with Crippen LogP contribution in [0.5, 0.6) is 0 Å². The van der Waals surface area contributed by atoms with E-state index >= 15 is 0 Å². The molecule has 1 aliphatic rings. The van der Waals surface area contributed by atoms with E-state index in [9.17, 15) is 4.79 Å². The van der Waals surface area contributed by atoms with Gasteiger partial charge in [0.25, 0.3) is 0 Å². The number of carbonyl (C=O) groups is 1. The topological polar surface area (TPSA) is 45.2 Å². The normalized spacial score (nSPS) is 22.1. The van der Waals surface area contributed by atoms with Crippen molar-refractivity contribution < 1.29 is 4.79 Å². The molecular formula is C15H23N3O. The molecule has 2 heterocycles. The number of carbonyl (C=O) groups excluding carboxylic acids is 1. The van der Waals surface area contributed by atoms with Gasteiger partial charge in [-0.15, -0.1) is 0 Å². The molecule has 104 valence electrons. The summed E-state index contributed by atoms with van der Waals surface area (Å²) in [6, 6.07) is 3.93. The monoisotopic (exact) mass is 261 g/mol. The van der Waals surface area contributed by atoms with Crippen molar-refractivity contribution in [3.63, 3.8) is 0 Å². The van der Waals surface area contributed by atoms with Crippen LogP contribution in [0.2, 0.25) is 0 Å². The molecule has 0 bridgehead atoms. The molecule has 2 rings (SSSR count). The Morgan fingerprint density at radius 3 is 2.53 bits per heavy atom. The highest BCUT2D eigenvalue weighted by atomic mass is 16.2. The molecule has 1 N–H and O–H groups in total. The summed E-state index contributed by atoms with van der Waals surface area (Å²) in [7, 11) is 0. The summed E-state index contributed by atoms with van der Waals surface area (Å²) >= 11 is 0. The number of nitrogens with zero attached hydrogens (tertiary/aromatic N) is 2. The fourth-order valence-electron chi connectivity index (χ4n) is 2.41. The highest BCUT2D eigenvalue weighted by Gasteiger charge is 2.39. The second kappa shape index (κ2) is 4.93. The van der Waals surface area contributed by atoms with Gasteiger partial charge in [0.15, 0.2) is 0 Å². The van der Waals surface area contributed by atoms with Crippen molar-refractivity contribution >= 4 is 5.91 Å². The zero-order chi connectivity index (χ0) is 14.1. The molecule has 4 nitrogen and oxygen atoms in total. The Morgan fingerprint density at radius 2 is 1.89 bits per heavy atom. The first kappa shape index (κ1) is 14.0. The van der Waals surface area contributed by atoms with Gasteiger partial charge >= 0.3 is 0 Å². The molecule has 0 radical (unpaired) electrons. The van der Waals surface area contributed by atoms with Gasteiger partial charge in [0.05, 0.1) is 5.54 Å². The first-order valence-corrected chi connectivity index (χ1v) is 6.73. The van der Waals surface area contributed by atoms with Gasteiger partial charge in [0.2, 0.25) is 5.91 Å². The molecule has 4 heteroatoms. The number of rotatable bonds is 2. The highest BCUT2D eigenvalue weighted by Crippen LogP contribution is 2.25. The maximum atomic E-state index is 12.6. The Hall–Kier alpha value is -1.42. The first-order chi connectivity index (χ1) is 8.80. The van der Waals surface area contributed by atoms with Crippen LogP contribution in [0.15, 0.2) is 24.5 Å². The third-order valence-corrected chi connectivity index (χ3v) is 3.57. The van der Waals surface area contributed by atoms with Gasteiger partial charge in [0.1, 0.15) is 0 Å². The summed E-state index contributed by atoms with van der Waals surface area (Å²) in [5.41, 5.74) is 0.703. The van der Waals surface area contributed by atoms with E-state index in [4.69, 9.17) is 0 Å². The van der Waals surface area contributed by atoms with Crippen molar-refractivity contribution in [3.8, 4) is 0 Å². The van der Waals surface area contributed by atoms with Gasteiger partial charge < -0.3 is 10.2 Å². The van der Waals surface area contributed by atoms with Crippen molar-refractivity contribution in [1.82, 2.24) is 15.2 Å². The quantitative estimate of drug-likeness (QED) is 0.883. The largest absolute Gasteiger partial charge is 0.336 e. The SMILES string of the molecule is CC1(C)CNC(C)(C)C(=O)N(Cc2ccncc2)C1. The van der Waals surface area contributed by atoms with E-state index in [2.05, 4.69) is 24.1 Å². The number of hydrogen-bond acceptors (Lipinski definition) is 3. The van der Waals surface area contributed by atoms with Crippen LogP contribution in [-0.4, -0.2) is 34.4 Å². The average molecular weight is 261 g/mol. The van der Waals surface area contributed by atoms with Gasteiger partial charge in [-0.1, -0.05) is 13.8 Å². The Labute approximate surface area is 115 Å². The van der Waals surface area contributed by atoms with Crippen LogP contribution in [0.1, 0.15) is 33.3 Å². The fraction of sp³-hybridized carbons (Fsp3) is 0.600. The summed E-state index contributed by atoms with van der Waals surface area (Å²) in [6.45, 7) is 10.5. The van der Waals surface area contributed by atoms with Crippen LogP contribution in [0.25, 0.3) is 0 Å². The van der Waals surface area contributed by atoms with E-state index in [1.165, 1.54) is 0 Å². The van der Waals surface area contributed by atoms with Crippen molar-refractivity contribution in [3.05, 3.63) is 30.1 Å². The van der Waals surface area contributed by atoms with E-state index < -0.39 is 5.54 Å². The lowest BCUT2D eigenvalue weighted by Crippen LogP contribution is -2.51. The number of nitrogens with one attached hydrogen (secondary N) is 1. The molecule has 0 unspecified atom stereocenters. The van der Waals surface area contributed by atoms with Crippen LogP contribution < -0.4 is 5.32 Å². The van der Waals surface area contributed by atoms with Gasteiger partial charge in [-0.2, -0.15) is 0 Å². The van der Waals surface area contributed by atoms with E-state index in [-0.39, 0.29) is 11.3 Å². The third-order valence-electron chi connectivity index (χ3n) is 3.57. The van der Waals surface area contributed by atoms with Crippen LogP contribution in [0.3, 0.4) is 0 Å². The van der Waals surface area contributed by atoms with E-state index in [1.807, 2.05) is 30.9 Å². The number of hydrogen-bond donors (Lipinski definition) is 1. The molecule has 1 saturated heterocycles. The summed E-state index contributed by atoms with van der Waals surface area (Å²) in [6.07, 6.45) is 3.54. The lowest BCUT2D eigenvalue weighted by atomic mass is 9.93. The average Bonchev–Trinajstić information content (AvgIpc) is 2.42. The molecule has 1 amide bonds. The molecule has 0 atom stereocenters. The second-order valence-corrected chi connectivity index (χ2v) is 6.66. The van der Waals surface area contributed by atoms with Crippen molar-refractivity contribution in [2.45, 2.75) is 39.8 Å². The summed E-state index contributed by atoms with van der Waals surface area (Å²) < 4.78 is 0. The van der Waals surface area contributed by atoms with E-state index in [1.54, 1.807) is 12.4 Å². The lowest BCUT2D eigenvalue weighted by Gasteiger charge is -2.30. The predicted molar refractivity (Wildman–Crippen MR) is 75.5 cm³/mol. The molecule has 0 saturated carbocycles. The Balaban J connectivity index is 2.22. The maximum absolute atomic E-state index is 12.6. The molecule has 1 fully saturated rings. The molecular weight excluding hydrogens is 238 g/mol. The van der Waals surface area contributed by atoms with Crippen LogP contribution in [0, 0.1) is 5.41 Å². The minimum Gasteiger partial charge on any atom is -0.336 e. The summed E-state index contributed by atoms with van der Waals surface area (Å²) in [4.78, 5) is 18.6. The molecule has 0 aliphatic carbocycles. The van der Waals surface area contributed by atoms with Gasteiger partial charge in [0, 0.05) is 32.0 Å². The number of pyridine rings is 1. The third kappa shape index (κ3) is 3.32. The molecule has 1 aliphatic heterocycles. The smallest absolute Gasteiger partial charge is 0.242 e. The first-order valence-electron chi connectivity index (χ1n) is 6.73. The Morgan fingerprint density at radius 1 is 1.26 bits per heavy atom. The van der Waals surface area contributed by atoms with Gasteiger partial charge in [-0.25, -0.2) is 0 Å². The molecule has 0 spiro atoms. The van der Waals surface area contributed by atoms with Crippen LogP contribution in [0.4, 0.5) is 0 Å². The minimum absolute atomic E-state index is 0.0798. The number of aromatic nitrogens is 1. The van der Waals surface area contributed by atoms with E-state index in [0.29, 0.717) is 6.54 Å². The van der Waals surface area contributed by atoms with Gasteiger partial charge in [-0.3, -0.25) is 9.78 Å². The van der Waals surface area contributed by atoms with Crippen molar-refractivity contribution in [1.29, 1.82) is 0 Å².